The van der Waals surface area contributed by atoms with Crippen LogP contribution < -0.4 is 10.5 Å². The molecule has 0 unspecified atom stereocenters. The maximum absolute atomic E-state index is 13.6. The van der Waals surface area contributed by atoms with Crippen molar-refractivity contribution < 1.29 is 13.5 Å². The van der Waals surface area contributed by atoms with Crippen molar-refractivity contribution in [1.82, 2.24) is 0 Å². The molecular formula is C14H12BrF2NO. The maximum atomic E-state index is 13.6. The van der Waals surface area contributed by atoms with E-state index in [1.54, 1.807) is 13.0 Å². The van der Waals surface area contributed by atoms with Gasteiger partial charge in [-0.15, -0.1) is 0 Å². The van der Waals surface area contributed by atoms with Crippen LogP contribution in [0, 0.1) is 11.6 Å². The van der Waals surface area contributed by atoms with Crippen molar-refractivity contribution >= 4 is 15.9 Å². The van der Waals surface area contributed by atoms with Gasteiger partial charge in [-0.2, -0.15) is 0 Å². The molecule has 2 N–H and O–H groups in total. The van der Waals surface area contributed by atoms with Gasteiger partial charge in [0.15, 0.2) is 11.6 Å². The molecule has 2 aromatic carbocycles. The Kier molecular flexibility index (Phi) is 4.17. The van der Waals surface area contributed by atoms with Gasteiger partial charge in [0.2, 0.25) is 0 Å². The SMILES string of the molecule is C[C@@H](N)c1cc(F)ccc1Oc1cc(Br)ccc1F. The second-order valence-electron chi connectivity index (χ2n) is 4.15. The summed E-state index contributed by atoms with van der Waals surface area (Å²) in [4.78, 5) is 0. The number of hydrogen-bond donors (Lipinski definition) is 1. The van der Waals surface area contributed by atoms with E-state index in [2.05, 4.69) is 15.9 Å². The zero-order valence-corrected chi connectivity index (χ0v) is 11.7. The van der Waals surface area contributed by atoms with E-state index in [0.29, 0.717) is 15.8 Å². The van der Waals surface area contributed by atoms with E-state index >= 15 is 0 Å². The van der Waals surface area contributed by atoms with E-state index in [-0.39, 0.29) is 5.75 Å². The second-order valence-corrected chi connectivity index (χ2v) is 5.06. The Morgan fingerprint density at radius 3 is 2.53 bits per heavy atom. The summed E-state index contributed by atoms with van der Waals surface area (Å²) in [5.74, 6) is -0.506. The molecule has 0 aromatic heterocycles. The normalized spacial score (nSPS) is 12.3. The largest absolute Gasteiger partial charge is 0.454 e. The van der Waals surface area contributed by atoms with Crippen LogP contribution in [0.15, 0.2) is 40.9 Å². The molecule has 5 heteroatoms. The monoisotopic (exact) mass is 327 g/mol. The lowest BCUT2D eigenvalue weighted by Gasteiger charge is -2.14. The Bertz CT molecular complexity index is 602. The number of hydrogen-bond acceptors (Lipinski definition) is 2. The van der Waals surface area contributed by atoms with Crippen LogP contribution in [0.5, 0.6) is 11.5 Å². The van der Waals surface area contributed by atoms with Crippen LogP contribution in [-0.4, -0.2) is 0 Å². The van der Waals surface area contributed by atoms with E-state index in [0.717, 1.165) is 0 Å². The molecule has 0 saturated carbocycles. The van der Waals surface area contributed by atoms with Gasteiger partial charge in [-0.05, 0) is 43.3 Å². The summed E-state index contributed by atoms with van der Waals surface area (Å²) >= 11 is 3.24. The first-order valence-electron chi connectivity index (χ1n) is 5.65. The summed E-state index contributed by atoms with van der Waals surface area (Å²) in [6.07, 6.45) is 0. The molecule has 2 nitrogen and oxygen atoms in total. The van der Waals surface area contributed by atoms with Gasteiger partial charge in [0.1, 0.15) is 11.6 Å². The molecule has 100 valence electrons. The average Bonchev–Trinajstić information content (AvgIpc) is 2.35. The number of halogens is 3. The Labute approximate surface area is 118 Å². The van der Waals surface area contributed by atoms with Gasteiger partial charge in [-0.25, -0.2) is 8.78 Å². The Morgan fingerprint density at radius 2 is 1.84 bits per heavy atom. The lowest BCUT2D eigenvalue weighted by Crippen LogP contribution is -2.07. The highest BCUT2D eigenvalue weighted by atomic mass is 79.9. The van der Waals surface area contributed by atoms with Crippen molar-refractivity contribution in [3.8, 4) is 11.5 Å². The van der Waals surface area contributed by atoms with Crippen LogP contribution >= 0.6 is 15.9 Å². The summed E-state index contributed by atoms with van der Waals surface area (Å²) in [6, 6.07) is 7.92. The molecular weight excluding hydrogens is 316 g/mol. The molecule has 0 radical (unpaired) electrons. The van der Waals surface area contributed by atoms with Crippen LogP contribution in [0.1, 0.15) is 18.5 Å². The van der Waals surface area contributed by atoms with Crippen LogP contribution in [0.3, 0.4) is 0 Å². The van der Waals surface area contributed by atoms with E-state index in [9.17, 15) is 8.78 Å². The lowest BCUT2D eigenvalue weighted by molar-refractivity contribution is 0.433. The predicted molar refractivity (Wildman–Crippen MR) is 73.2 cm³/mol. The van der Waals surface area contributed by atoms with Crippen LogP contribution in [-0.2, 0) is 0 Å². The zero-order valence-electron chi connectivity index (χ0n) is 10.2. The van der Waals surface area contributed by atoms with Crippen molar-refractivity contribution in [2.24, 2.45) is 5.73 Å². The molecule has 0 bridgehead atoms. The highest BCUT2D eigenvalue weighted by Crippen LogP contribution is 2.32. The van der Waals surface area contributed by atoms with Crippen LogP contribution in [0.2, 0.25) is 0 Å². The van der Waals surface area contributed by atoms with Crippen molar-refractivity contribution in [1.29, 1.82) is 0 Å². The summed E-state index contributed by atoms with van der Waals surface area (Å²) in [5.41, 5.74) is 6.24. The third kappa shape index (κ3) is 3.30. The highest BCUT2D eigenvalue weighted by molar-refractivity contribution is 9.10. The molecule has 0 aliphatic heterocycles. The summed E-state index contributed by atoms with van der Waals surface area (Å²) in [6.45, 7) is 1.71. The fraction of sp³-hybridized carbons (Fsp3) is 0.143. The first-order valence-corrected chi connectivity index (χ1v) is 6.44. The molecule has 0 aliphatic rings. The van der Waals surface area contributed by atoms with Gasteiger partial charge in [-0.3, -0.25) is 0 Å². The number of benzene rings is 2. The minimum atomic E-state index is -0.497. The number of nitrogens with two attached hydrogens (primary N) is 1. The quantitative estimate of drug-likeness (QED) is 0.898. The molecule has 19 heavy (non-hydrogen) atoms. The van der Waals surface area contributed by atoms with E-state index in [4.69, 9.17) is 10.5 Å². The molecule has 0 amide bonds. The molecule has 2 aromatic rings. The van der Waals surface area contributed by atoms with E-state index in [1.165, 1.54) is 30.3 Å². The zero-order chi connectivity index (χ0) is 14.0. The minimum absolute atomic E-state index is 0.0582. The summed E-state index contributed by atoms with van der Waals surface area (Å²) in [7, 11) is 0. The smallest absolute Gasteiger partial charge is 0.165 e. The maximum Gasteiger partial charge on any atom is 0.165 e. The Morgan fingerprint density at radius 1 is 1.11 bits per heavy atom. The van der Waals surface area contributed by atoms with Crippen molar-refractivity contribution in [3.05, 3.63) is 58.1 Å². The van der Waals surface area contributed by atoms with E-state index < -0.39 is 17.7 Å². The molecule has 1 atom stereocenters. The molecule has 0 saturated heterocycles. The molecule has 2 rings (SSSR count). The summed E-state index contributed by atoms with van der Waals surface area (Å²) in [5, 5.41) is 0. The first-order chi connectivity index (χ1) is 8.97. The van der Waals surface area contributed by atoms with Gasteiger partial charge in [0.25, 0.3) is 0 Å². The van der Waals surface area contributed by atoms with Crippen molar-refractivity contribution in [2.75, 3.05) is 0 Å². The fourth-order valence-electron chi connectivity index (χ4n) is 1.64. The fourth-order valence-corrected chi connectivity index (χ4v) is 1.98. The topological polar surface area (TPSA) is 35.2 Å². The van der Waals surface area contributed by atoms with Crippen molar-refractivity contribution in [3.63, 3.8) is 0 Å². The molecule has 0 fully saturated rings. The third-order valence-electron chi connectivity index (χ3n) is 2.58. The number of rotatable bonds is 3. The molecule has 0 heterocycles. The third-order valence-corrected chi connectivity index (χ3v) is 3.07. The Hall–Kier alpha value is -1.46. The highest BCUT2D eigenvalue weighted by Gasteiger charge is 2.12. The standard InChI is InChI=1S/C14H12BrF2NO/c1-8(18)11-7-10(16)3-5-13(11)19-14-6-9(15)2-4-12(14)17/h2-8H,18H2,1H3/t8-/m1/s1. The van der Waals surface area contributed by atoms with Crippen LogP contribution in [0.25, 0.3) is 0 Å². The predicted octanol–water partition coefficient (Wildman–Crippen LogP) is 4.54. The first kappa shape index (κ1) is 14.0. The van der Waals surface area contributed by atoms with Crippen molar-refractivity contribution in [2.45, 2.75) is 13.0 Å². The van der Waals surface area contributed by atoms with Gasteiger partial charge < -0.3 is 10.5 Å². The number of ether oxygens (including phenoxy) is 1. The van der Waals surface area contributed by atoms with Crippen LogP contribution in [0.4, 0.5) is 8.78 Å². The molecule has 0 spiro atoms. The van der Waals surface area contributed by atoms with Gasteiger partial charge in [0, 0.05) is 16.1 Å². The second kappa shape index (κ2) is 5.67. The van der Waals surface area contributed by atoms with Gasteiger partial charge in [0.05, 0.1) is 0 Å². The van der Waals surface area contributed by atoms with Gasteiger partial charge in [-0.1, -0.05) is 15.9 Å². The Balaban J connectivity index is 2.40. The lowest BCUT2D eigenvalue weighted by atomic mass is 10.1. The van der Waals surface area contributed by atoms with E-state index in [1.807, 2.05) is 0 Å². The summed E-state index contributed by atoms with van der Waals surface area (Å²) < 4.78 is 33.0. The van der Waals surface area contributed by atoms with Gasteiger partial charge >= 0.3 is 0 Å². The minimum Gasteiger partial charge on any atom is -0.454 e. The average molecular weight is 328 g/mol. The molecule has 0 aliphatic carbocycles.